The van der Waals surface area contributed by atoms with Gasteiger partial charge in [0, 0.05) is 44.0 Å². The minimum absolute atomic E-state index is 0.0122. The van der Waals surface area contributed by atoms with Crippen molar-refractivity contribution in [2.75, 3.05) is 13.6 Å². The van der Waals surface area contributed by atoms with E-state index in [4.69, 9.17) is 0 Å². The van der Waals surface area contributed by atoms with Crippen molar-refractivity contribution in [3.63, 3.8) is 0 Å². The number of ketones is 1. The number of aryl methyl sites for hydroxylation is 2. The number of amides is 3. The van der Waals surface area contributed by atoms with Crippen molar-refractivity contribution in [3.8, 4) is 0 Å². The number of likely N-dealkylation sites (N-methyl/N-ethyl adjacent to an activating group) is 1. The Morgan fingerprint density at radius 2 is 1.89 bits per heavy atom. The number of benzene rings is 2. The van der Waals surface area contributed by atoms with Crippen LogP contribution in [-0.4, -0.2) is 53.1 Å². The van der Waals surface area contributed by atoms with E-state index in [-0.39, 0.29) is 42.3 Å². The van der Waals surface area contributed by atoms with Gasteiger partial charge in [0.1, 0.15) is 11.7 Å². The second-order valence-corrected chi connectivity index (χ2v) is 8.62. The standard InChI is InChI=1S/C26H27N5O5/c1-27-25(35)21(31-24(34)16-9-10-17-15(13-16)5-4-8-22(17)32)14-28-23(33)12-11-20-26(36)30-19-7-3-2-6-18(19)29-20/h2-3,6-7,9-10,13,21H,4-5,8,11-12,14H2,1H3,(H,27,35)(H,28,33)(H,30,36)(H,31,34)/t21-/m0/s1. The predicted molar refractivity (Wildman–Crippen MR) is 133 cm³/mol. The number of carbonyl (C=O) groups excluding carboxylic acids is 4. The zero-order valence-corrected chi connectivity index (χ0v) is 19.8. The van der Waals surface area contributed by atoms with Crippen molar-refractivity contribution in [2.24, 2.45) is 0 Å². The van der Waals surface area contributed by atoms with Crippen molar-refractivity contribution in [1.29, 1.82) is 0 Å². The van der Waals surface area contributed by atoms with Gasteiger partial charge < -0.3 is 20.9 Å². The van der Waals surface area contributed by atoms with Gasteiger partial charge in [-0.15, -0.1) is 0 Å². The molecule has 1 aliphatic carbocycles. The maximum atomic E-state index is 12.8. The summed E-state index contributed by atoms with van der Waals surface area (Å²) in [5.41, 5.74) is 2.92. The summed E-state index contributed by atoms with van der Waals surface area (Å²) < 4.78 is 0. The smallest absolute Gasteiger partial charge is 0.270 e. The van der Waals surface area contributed by atoms with Crippen molar-refractivity contribution in [1.82, 2.24) is 25.9 Å². The predicted octanol–water partition coefficient (Wildman–Crippen LogP) is 1.04. The molecule has 1 aliphatic rings. The van der Waals surface area contributed by atoms with E-state index in [2.05, 4.69) is 25.9 Å². The number of aromatic amines is 1. The monoisotopic (exact) mass is 489 g/mol. The number of nitrogens with one attached hydrogen (secondary N) is 4. The number of H-pyrrole nitrogens is 1. The van der Waals surface area contributed by atoms with Gasteiger partial charge in [0.15, 0.2) is 5.78 Å². The third-order valence-corrected chi connectivity index (χ3v) is 6.15. The Bertz CT molecular complexity index is 1400. The van der Waals surface area contributed by atoms with Crippen LogP contribution in [0.3, 0.4) is 0 Å². The number of nitrogens with zero attached hydrogens (tertiary/aromatic N) is 1. The van der Waals surface area contributed by atoms with Crippen LogP contribution in [0.4, 0.5) is 0 Å². The molecule has 0 saturated heterocycles. The molecule has 1 heterocycles. The number of fused-ring (bicyclic) bond motifs is 2. The first-order chi connectivity index (χ1) is 17.4. The Morgan fingerprint density at radius 1 is 1.08 bits per heavy atom. The molecular weight excluding hydrogens is 462 g/mol. The van der Waals surface area contributed by atoms with E-state index in [0.29, 0.717) is 35.0 Å². The highest BCUT2D eigenvalue weighted by molar-refractivity contribution is 6.02. The number of hydrogen-bond acceptors (Lipinski definition) is 6. The minimum atomic E-state index is -1.01. The van der Waals surface area contributed by atoms with Crippen LogP contribution in [-0.2, 0) is 22.4 Å². The Kier molecular flexibility index (Phi) is 7.53. The lowest BCUT2D eigenvalue weighted by Gasteiger charge is -2.19. The van der Waals surface area contributed by atoms with Crippen molar-refractivity contribution < 1.29 is 19.2 Å². The molecule has 186 valence electrons. The Hall–Kier alpha value is -4.34. The van der Waals surface area contributed by atoms with Gasteiger partial charge in [-0.25, -0.2) is 4.98 Å². The van der Waals surface area contributed by atoms with Crippen LogP contribution in [0.5, 0.6) is 0 Å². The van der Waals surface area contributed by atoms with Crippen molar-refractivity contribution in [2.45, 2.75) is 38.1 Å². The normalized spacial score (nSPS) is 13.5. The van der Waals surface area contributed by atoms with Gasteiger partial charge in [-0.3, -0.25) is 24.0 Å². The zero-order chi connectivity index (χ0) is 25.7. The first-order valence-electron chi connectivity index (χ1n) is 11.8. The SMILES string of the molecule is CNC(=O)[C@H](CNC(=O)CCc1nc2ccccc2[nH]c1=O)NC(=O)c1ccc2c(c1)CCCC2=O. The maximum absolute atomic E-state index is 12.8. The fourth-order valence-electron chi connectivity index (χ4n) is 4.19. The van der Waals surface area contributed by atoms with Crippen molar-refractivity contribution >= 4 is 34.5 Å². The van der Waals surface area contributed by atoms with E-state index in [0.717, 1.165) is 12.0 Å². The quantitative estimate of drug-likeness (QED) is 0.371. The number of aromatic nitrogens is 2. The van der Waals surface area contributed by atoms with Gasteiger partial charge >= 0.3 is 0 Å². The maximum Gasteiger partial charge on any atom is 0.270 e. The van der Waals surface area contributed by atoms with E-state index in [1.165, 1.54) is 7.05 Å². The summed E-state index contributed by atoms with van der Waals surface area (Å²) in [6.07, 6.45) is 2.07. The minimum Gasteiger partial charge on any atom is -0.357 e. The first kappa shape index (κ1) is 24.8. The van der Waals surface area contributed by atoms with E-state index in [9.17, 15) is 24.0 Å². The highest BCUT2D eigenvalue weighted by atomic mass is 16.2. The molecule has 4 rings (SSSR count). The third kappa shape index (κ3) is 5.65. The summed E-state index contributed by atoms with van der Waals surface area (Å²) >= 11 is 0. The van der Waals surface area contributed by atoms with Crippen LogP contribution in [0.25, 0.3) is 11.0 Å². The van der Waals surface area contributed by atoms with Crippen LogP contribution in [0.15, 0.2) is 47.3 Å². The van der Waals surface area contributed by atoms with Crippen LogP contribution < -0.4 is 21.5 Å². The molecule has 2 aromatic carbocycles. The Balaban J connectivity index is 1.36. The molecule has 0 spiro atoms. The lowest BCUT2D eigenvalue weighted by molar-refractivity contribution is -0.123. The summed E-state index contributed by atoms with van der Waals surface area (Å²) in [5, 5.41) is 7.76. The first-order valence-corrected chi connectivity index (χ1v) is 11.8. The summed E-state index contributed by atoms with van der Waals surface area (Å²) in [4.78, 5) is 68.9. The highest BCUT2D eigenvalue weighted by Crippen LogP contribution is 2.22. The van der Waals surface area contributed by atoms with Gasteiger partial charge in [0.05, 0.1) is 11.0 Å². The molecule has 10 nitrogen and oxygen atoms in total. The number of hydrogen-bond donors (Lipinski definition) is 4. The molecule has 0 unspecified atom stereocenters. The summed E-state index contributed by atoms with van der Waals surface area (Å²) in [6.45, 7) is -0.130. The molecule has 3 amide bonds. The molecule has 36 heavy (non-hydrogen) atoms. The van der Waals surface area contributed by atoms with Crippen LogP contribution in [0.1, 0.15) is 51.2 Å². The molecule has 1 atom stereocenters. The molecule has 3 aromatic rings. The Labute approximate surface area is 206 Å². The molecular formula is C26H27N5O5. The fraction of sp³-hybridized carbons (Fsp3) is 0.308. The van der Waals surface area contributed by atoms with Crippen LogP contribution >= 0.6 is 0 Å². The summed E-state index contributed by atoms with van der Waals surface area (Å²) in [5.74, 6) is -1.27. The molecule has 0 saturated carbocycles. The van der Waals surface area contributed by atoms with Crippen LogP contribution in [0.2, 0.25) is 0 Å². The molecule has 10 heteroatoms. The van der Waals surface area contributed by atoms with Gasteiger partial charge in [0.25, 0.3) is 11.5 Å². The molecule has 0 fully saturated rings. The topological polar surface area (TPSA) is 150 Å². The highest BCUT2D eigenvalue weighted by Gasteiger charge is 2.23. The average Bonchev–Trinajstić information content (AvgIpc) is 2.89. The molecule has 0 radical (unpaired) electrons. The Morgan fingerprint density at radius 3 is 2.69 bits per heavy atom. The van der Waals surface area contributed by atoms with Crippen molar-refractivity contribution in [3.05, 3.63) is 75.2 Å². The van der Waals surface area contributed by atoms with E-state index in [1.807, 2.05) is 0 Å². The summed E-state index contributed by atoms with van der Waals surface area (Å²) in [7, 11) is 1.44. The largest absolute Gasteiger partial charge is 0.357 e. The summed E-state index contributed by atoms with van der Waals surface area (Å²) in [6, 6.07) is 11.0. The number of carbonyl (C=O) groups is 4. The molecule has 0 bridgehead atoms. The lowest BCUT2D eigenvalue weighted by Crippen LogP contribution is -2.52. The molecule has 4 N–H and O–H groups in total. The van der Waals surface area contributed by atoms with Gasteiger partial charge in [-0.1, -0.05) is 18.2 Å². The lowest BCUT2D eigenvalue weighted by atomic mass is 9.89. The van der Waals surface area contributed by atoms with Gasteiger partial charge in [-0.05, 0) is 42.7 Å². The van der Waals surface area contributed by atoms with Gasteiger partial charge in [0.2, 0.25) is 11.8 Å². The third-order valence-electron chi connectivity index (χ3n) is 6.15. The molecule has 1 aromatic heterocycles. The second kappa shape index (κ2) is 10.9. The number of Topliss-reactive ketones (excluding diaryl/α,β-unsaturated/α-hetero) is 1. The fourth-order valence-corrected chi connectivity index (χ4v) is 4.19. The average molecular weight is 490 g/mol. The molecule has 0 aliphatic heterocycles. The van der Waals surface area contributed by atoms with Crippen LogP contribution in [0, 0.1) is 0 Å². The zero-order valence-electron chi connectivity index (χ0n) is 19.8. The number of rotatable bonds is 8. The van der Waals surface area contributed by atoms with E-state index < -0.39 is 17.9 Å². The second-order valence-electron chi connectivity index (χ2n) is 8.62. The number of para-hydroxylation sites is 2. The van der Waals surface area contributed by atoms with E-state index >= 15 is 0 Å². The van der Waals surface area contributed by atoms with Gasteiger partial charge in [-0.2, -0.15) is 0 Å². The van der Waals surface area contributed by atoms with E-state index in [1.54, 1.807) is 42.5 Å².